The topological polar surface area (TPSA) is 139 Å². The van der Waals surface area contributed by atoms with E-state index in [1.807, 2.05) is 6.07 Å². The number of primary amides is 2. The van der Waals surface area contributed by atoms with Gasteiger partial charge in [-0.15, -0.1) is 0 Å². The molecular weight excluding hydrogens is 420 g/mol. The Labute approximate surface area is 181 Å². The average molecular weight is 447 g/mol. The minimum atomic E-state index is -3.96. The molecule has 0 saturated carbocycles. The van der Waals surface area contributed by atoms with Crippen molar-refractivity contribution in [2.75, 3.05) is 19.8 Å². The number of hydrogen-bond acceptors (Lipinski definition) is 6. The van der Waals surface area contributed by atoms with Crippen molar-refractivity contribution in [1.82, 2.24) is 0 Å². The predicted molar refractivity (Wildman–Crippen MR) is 114 cm³/mol. The number of sulfone groups is 1. The molecule has 1 saturated heterocycles. The molecule has 9 heteroatoms. The van der Waals surface area contributed by atoms with E-state index in [-0.39, 0.29) is 31.0 Å². The predicted octanol–water partition coefficient (Wildman–Crippen LogP) is 1.61. The Bertz CT molecular complexity index is 1040. The molecule has 1 fully saturated rings. The Morgan fingerprint density at radius 1 is 1.03 bits per heavy atom. The molecule has 1 heterocycles. The Morgan fingerprint density at radius 3 is 2.32 bits per heavy atom. The van der Waals surface area contributed by atoms with E-state index >= 15 is 0 Å². The fraction of sp³-hybridized carbons (Fsp3) is 0.364. The number of hydrogen-bond donors (Lipinski definition) is 2. The lowest BCUT2D eigenvalue weighted by molar-refractivity contribution is -0.122. The quantitative estimate of drug-likeness (QED) is 0.561. The molecule has 0 radical (unpaired) electrons. The van der Waals surface area contributed by atoms with E-state index in [1.165, 1.54) is 12.1 Å². The van der Waals surface area contributed by atoms with E-state index in [9.17, 15) is 18.0 Å². The summed E-state index contributed by atoms with van der Waals surface area (Å²) in [4.78, 5) is 23.3. The summed E-state index contributed by atoms with van der Waals surface area (Å²) >= 11 is 0. The van der Waals surface area contributed by atoms with Crippen LogP contribution in [0.3, 0.4) is 0 Å². The monoisotopic (exact) mass is 446 g/mol. The van der Waals surface area contributed by atoms with Crippen molar-refractivity contribution in [3.8, 4) is 5.75 Å². The van der Waals surface area contributed by atoms with Gasteiger partial charge in [-0.25, -0.2) is 8.42 Å². The van der Waals surface area contributed by atoms with Gasteiger partial charge < -0.3 is 20.9 Å². The molecule has 8 nitrogen and oxygen atoms in total. The van der Waals surface area contributed by atoms with Crippen LogP contribution >= 0.6 is 0 Å². The first-order valence-electron chi connectivity index (χ1n) is 10.0. The van der Waals surface area contributed by atoms with Crippen molar-refractivity contribution in [3.63, 3.8) is 0 Å². The molecule has 0 bridgehead atoms. The molecule has 2 aromatic carbocycles. The second-order valence-electron chi connectivity index (χ2n) is 7.46. The van der Waals surface area contributed by atoms with Gasteiger partial charge in [0, 0.05) is 18.8 Å². The van der Waals surface area contributed by atoms with Crippen LogP contribution in [-0.4, -0.2) is 44.8 Å². The lowest BCUT2D eigenvalue weighted by Crippen LogP contribution is -2.53. The third kappa shape index (κ3) is 4.88. The minimum absolute atomic E-state index is 0.0313. The lowest BCUT2D eigenvalue weighted by atomic mass is 9.98. The molecule has 2 aromatic rings. The number of rotatable bonds is 9. The van der Waals surface area contributed by atoms with E-state index < -0.39 is 26.4 Å². The normalized spacial score (nSPS) is 15.9. The molecule has 0 unspecified atom stereocenters. The van der Waals surface area contributed by atoms with Gasteiger partial charge >= 0.3 is 0 Å². The van der Waals surface area contributed by atoms with Gasteiger partial charge in [0.2, 0.25) is 11.8 Å². The third-order valence-electron chi connectivity index (χ3n) is 5.49. The Hall–Kier alpha value is -2.91. The molecule has 1 aliphatic rings. The van der Waals surface area contributed by atoms with Crippen LogP contribution in [0, 0.1) is 0 Å². The van der Waals surface area contributed by atoms with Crippen molar-refractivity contribution < 1.29 is 27.5 Å². The molecule has 1 aliphatic heterocycles. The van der Waals surface area contributed by atoms with Gasteiger partial charge in [-0.1, -0.05) is 12.1 Å². The van der Waals surface area contributed by atoms with Gasteiger partial charge in [-0.05, 0) is 67.6 Å². The molecule has 31 heavy (non-hydrogen) atoms. The van der Waals surface area contributed by atoms with E-state index in [0.29, 0.717) is 30.8 Å². The van der Waals surface area contributed by atoms with Gasteiger partial charge in [-0.2, -0.15) is 0 Å². The smallest absolute Gasteiger partial charge is 0.248 e. The molecule has 0 spiro atoms. The number of amides is 2. The van der Waals surface area contributed by atoms with Gasteiger partial charge in [0.15, 0.2) is 14.6 Å². The second-order valence-corrected chi connectivity index (χ2v) is 9.72. The number of ether oxygens (including phenoxy) is 2. The summed E-state index contributed by atoms with van der Waals surface area (Å²) in [6, 6.07) is 13.1. The van der Waals surface area contributed by atoms with Crippen LogP contribution in [0.15, 0.2) is 53.4 Å². The van der Waals surface area contributed by atoms with Gasteiger partial charge in [0.25, 0.3) is 0 Å². The zero-order chi connectivity index (χ0) is 22.5. The van der Waals surface area contributed by atoms with E-state index in [1.54, 1.807) is 30.3 Å². The minimum Gasteiger partial charge on any atom is -0.494 e. The van der Waals surface area contributed by atoms with Crippen LogP contribution in [0.4, 0.5) is 0 Å². The van der Waals surface area contributed by atoms with E-state index in [4.69, 9.17) is 20.9 Å². The molecule has 3 rings (SSSR count). The van der Waals surface area contributed by atoms with Crippen molar-refractivity contribution in [2.24, 2.45) is 11.5 Å². The zero-order valence-corrected chi connectivity index (χ0v) is 17.9. The first kappa shape index (κ1) is 22.8. The maximum atomic E-state index is 13.1. The fourth-order valence-corrected chi connectivity index (χ4v) is 5.55. The van der Waals surface area contributed by atoms with Crippen LogP contribution in [-0.2, 0) is 25.8 Å². The van der Waals surface area contributed by atoms with Crippen LogP contribution < -0.4 is 16.2 Å². The van der Waals surface area contributed by atoms with Gasteiger partial charge in [0.05, 0.1) is 11.5 Å². The summed E-state index contributed by atoms with van der Waals surface area (Å²) < 4.78 is 35.5. The van der Waals surface area contributed by atoms with Crippen LogP contribution in [0.1, 0.15) is 35.2 Å². The summed E-state index contributed by atoms with van der Waals surface area (Å²) in [5, 5.41) is 0. The van der Waals surface area contributed by atoms with Crippen LogP contribution in [0.25, 0.3) is 0 Å². The Kier molecular flexibility index (Phi) is 6.97. The molecule has 166 valence electrons. The molecule has 0 aromatic heterocycles. The third-order valence-corrected chi connectivity index (χ3v) is 8.02. The summed E-state index contributed by atoms with van der Waals surface area (Å²) in [6.45, 7) is 0.757. The highest BCUT2D eigenvalue weighted by Gasteiger charge is 2.51. The van der Waals surface area contributed by atoms with Gasteiger partial charge in [-0.3, -0.25) is 9.59 Å². The highest BCUT2D eigenvalue weighted by atomic mass is 32.2. The molecule has 4 N–H and O–H groups in total. The highest BCUT2D eigenvalue weighted by molar-refractivity contribution is 7.93. The van der Waals surface area contributed by atoms with Crippen molar-refractivity contribution in [3.05, 3.63) is 59.7 Å². The SMILES string of the molecule is NC(=O)c1cccc(CCCOc2ccc(S(=O)(=O)C3(C(N)=O)CCOCC3)cc2)c1. The van der Waals surface area contributed by atoms with Crippen LogP contribution in [0.5, 0.6) is 5.75 Å². The van der Waals surface area contributed by atoms with Crippen LogP contribution in [0.2, 0.25) is 0 Å². The first-order chi connectivity index (χ1) is 14.8. The Balaban J connectivity index is 1.60. The Morgan fingerprint density at radius 2 is 1.71 bits per heavy atom. The largest absolute Gasteiger partial charge is 0.494 e. The number of aryl methyl sites for hydroxylation is 1. The summed E-state index contributed by atoms with van der Waals surface area (Å²) in [5.41, 5.74) is 12.2. The molecule has 0 aliphatic carbocycles. The number of nitrogens with two attached hydrogens (primary N) is 2. The van der Waals surface area contributed by atoms with Crippen molar-refractivity contribution in [2.45, 2.75) is 35.3 Å². The molecule has 0 atom stereocenters. The standard InChI is InChI=1S/C22H26N2O6S/c23-20(25)17-5-1-3-16(15-17)4-2-12-30-18-6-8-19(9-7-18)31(27,28)22(21(24)26)10-13-29-14-11-22/h1,3,5-9,15H,2,4,10-14H2,(H2,23,25)(H2,24,26). The average Bonchev–Trinajstić information content (AvgIpc) is 2.77. The maximum absolute atomic E-state index is 13.1. The zero-order valence-electron chi connectivity index (χ0n) is 17.1. The van der Waals surface area contributed by atoms with Crippen molar-refractivity contribution in [1.29, 1.82) is 0 Å². The van der Waals surface area contributed by atoms with Gasteiger partial charge in [0.1, 0.15) is 5.75 Å². The van der Waals surface area contributed by atoms with Crippen molar-refractivity contribution >= 4 is 21.7 Å². The molecule has 2 amide bonds. The number of carbonyl (C=O) groups is 2. The number of carbonyl (C=O) groups excluding carboxylic acids is 2. The fourth-order valence-electron chi connectivity index (χ4n) is 3.64. The highest BCUT2D eigenvalue weighted by Crippen LogP contribution is 2.35. The van der Waals surface area contributed by atoms with E-state index in [2.05, 4.69) is 0 Å². The summed E-state index contributed by atoms with van der Waals surface area (Å²) in [5.74, 6) is -0.798. The first-order valence-corrected chi connectivity index (χ1v) is 11.5. The lowest BCUT2D eigenvalue weighted by Gasteiger charge is -2.33. The number of benzene rings is 2. The second kappa shape index (κ2) is 9.49. The molecular formula is C22H26N2O6S. The maximum Gasteiger partial charge on any atom is 0.248 e. The summed E-state index contributed by atoms with van der Waals surface area (Å²) in [7, 11) is -3.96. The summed E-state index contributed by atoms with van der Waals surface area (Å²) in [6.07, 6.45) is 1.49. The van der Waals surface area contributed by atoms with E-state index in [0.717, 1.165) is 5.56 Å².